The Kier molecular flexibility index (Phi) is 5.28. The summed E-state index contributed by atoms with van der Waals surface area (Å²) in [6.45, 7) is 6.93. The van der Waals surface area contributed by atoms with Gasteiger partial charge in [-0.15, -0.1) is 0 Å². The molecule has 29 heavy (non-hydrogen) atoms. The second kappa shape index (κ2) is 7.87. The van der Waals surface area contributed by atoms with E-state index >= 15 is 0 Å². The highest BCUT2D eigenvalue weighted by Gasteiger charge is 2.42. The maximum Gasteiger partial charge on any atom is 0.174 e. The van der Waals surface area contributed by atoms with Crippen LogP contribution in [0.2, 0.25) is 0 Å². The highest BCUT2D eigenvalue weighted by molar-refractivity contribution is 7.80. The van der Waals surface area contributed by atoms with E-state index in [2.05, 4.69) is 64.9 Å². The first-order chi connectivity index (χ1) is 14.0. The van der Waals surface area contributed by atoms with Gasteiger partial charge in [-0.1, -0.05) is 6.07 Å². The van der Waals surface area contributed by atoms with Gasteiger partial charge in [0, 0.05) is 30.3 Å². The summed E-state index contributed by atoms with van der Waals surface area (Å²) in [4.78, 5) is 6.82. The molecule has 2 atom stereocenters. The number of nitrogens with zero attached hydrogens (tertiary/aromatic N) is 3. The minimum atomic E-state index is -0.0317. The number of nitrogens with one attached hydrogen (secondary N) is 1. The molecule has 1 aromatic carbocycles. The molecule has 6 heteroatoms. The Morgan fingerprint density at radius 1 is 1.14 bits per heavy atom. The van der Waals surface area contributed by atoms with E-state index < -0.39 is 0 Å². The van der Waals surface area contributed by atoms with Crippen molar-refractivity contribution in [3.8, 4) is 5.75 Å². The number of rotatable bonds is 5. The summed E-state index contributed by atoms with van der Waals surface area (Å²) in [6, 6.07) is 16.4. The SMILES string of the molecule is CCOc1ccc(N2C(=S)N[C@@H](c3ccccn3)[C@H]2c2cc(C)n(C)c2C)cc1. The molecule has 0 bridgehead atoms. The Labute approximate surface area is 177 Å². The van der Waals surface area contributed by atoms with Crippen LogP contribution in [-0.4, -0.2) is 21.3 Å². The predicted octanol–water partition coefficient (Wildman–Crippen LogP) is 4.61. The first-order valence-corrected chi connectivity index (χ1v) is 10.3. The summed E-state index contributed by atoms with van der Waals surface area (Å²) in [7, 11) is 2.10. The lowest BCUT2D eigenvalue weighted by atomic mass is 9.96. The van der Waals surface area contributed by atoms with Gasteiger partial charge in [0.15, 0.2) is 5.11 Å². The fourth-order valence-electron chi connectivity index (χ4n) is 4.00. The van der Waals surface area contributed by atoms with Crippen LogP contribution in [0, 0.1) is 13.8 Å². The number of ether oxygens (including phenoxy) is 1. The van der Waals surface area contributed by atoms with Crippen LogP contribution >= 0.6 is 12.2 Å². The van der Waals surface area contributed by atoms with Crippen LogP contribution in [0.3, 0.4) is 0 Å². The molecule has 1 aliphatic rings. The van der Waals surface area contributed by atoms with Crippen molar-refractivity contribution in [2.24, 2.45) is 7.05 Å². The van der Waals surface area contributed by atoms with Gasteiger partial charge >= 0.3 is 0 Å². The van der Waals surface area contributed by atoms with Crippen molar-refractivity contribution >= 4 is 23.0 Å². The Balaban J connectivity index is 1.82. The van der Waals surface area contributed by atoms with Crippen molar-refractivity contribution in [3.05, 3.63) is 77.4 Å². The molecular formula is C23H26N4OS. The molecule has 1 fully saturated rings. The van der Waals surface area contributed by atoms with Gasteiger partial charge in [-0.05, 0) is 81.0 Å². The van der Waals surface area contributed by atoms with Crippen LogP contribution in [0.1, 0.15) is 41.7 Å². The van der Waals surface area contributed by atoms with E-state index in [0.29, 0.717) is 11.7 Å². The number of hydrogen-bond donors (Lipinski definition) is 1. The Bertz CT molecular complexity index is 1010. The number of anilines is 1. The molecule has 1 aliphatic heterocycles. The minimum absolute atomic E-state index is 0.00948. The summed E-state index contributed by atoms with van der Waals surface area (Å²) in [5.41, 5.74) is 5.73. The van der Waals surface area contributed by atoms with Gasteiger partial charge in [-0.3, -0.25) is 4.98 Å². The number of aryl methyl sites for hydroxylation is 1. The van der Waals surface area contributed by atoms with Gasteiger partial charge < -0.3 is 19.5 Å². The van der Waals surface area contributed by atoms with Crippen molar-refractivity contribution < 1.29 is 4.74 Å². The molecule has 4 rings (SSSR count). The van der Waals surface area contributed by atoms with Crippen LogP contribution < -0.4 is 15.0 Å². The molecule has 150 valence electrons. The van der Waals surface area contributed by atoms with Crippen LogP contribution in [0.4, 0.5) is 5.69 Å². The van der Waals surface area contributed by atoms with Crippen LogP contribution in [0.5, 0.6) is 5.75 Å². The van der Waals surface area contributed by atoms with Gasteiger partial charge in [0.2, 0.25) is 0 Å². The summed E-state index contributed by atoms with van der Waals surface area (Å²) in [5.74, 6) is 0.860. The van der Waals surface area contributed by atoms with Crippen molar-refractivity contribution in [1.82, 2.24) is 14.9 Å². The minimum Gasteiger partial charge on any atom is -0.494 e. The molecule has 0 radical (unpaired) electrons. The van der Waals surface area contributed by atoms with E-state index in [1.54, 1.807) is 0 Å². The summed E-state index contributed by atoms with van der Waals surface area (Å²) in [6.07, 6.45) is 1.83. The highest BCUT2D eigenvalue weighted by Crippen LogP contribution is 2.43. The molecule has 0 saturated carbocycles. The Hall–Kier alpha value is -2.86. The van der Waals surface area contributed by atoms with E-state index in [9.17, 15) is 0 Å². The number of benzene rings is 1. The number of aromatic nitrogens is 2. The normalized spacial score (nSPS) is 18.8. The van der Waals surface area contributed by atoms with E-state index in [1.165, 1.54) is 17.0 Å². The van der Waals surface area contributed by atoms with E-state index in [4.69, 9.17) is 17.0 Å². The van der Waals surface area contributed by atoms with Gasteiger partial charge in [0.25, 0.3) is 0 Å². The molecule has 3 aromatic rings. The second-order valence-electron chi connectivity index (χ2n) is 7.31. The number of hydrogen-bond acceptors (Lipinski definition) is 3. The molecule has 3 heterocycles. The predicted molar refractivity (Wildman–Crippen MR) is 120 cm³/mol. The zero-order valence-electron chi connectivity index (χ0n) is 17.2. The Morgan fingerprint density at radius 2 is 1.90 bits per heavy atom. The summed E-state index contributed by atoms with van der Waals surface area (Å²) < 4.78 is 7.83. The third-order valence-electron chi connectivity index (χ3n) is 5.66. The van der Waals surface area contributed by atoms with Gasteiger partial charge in [-0.2, -0.15) is 0 Å². The topological polar surface area (TPSA) is 42.3 Å². The van der Waals surface area contributed by atoms with Gasteiger partial charge in [0.1, 0.15) is 5.75 Å². The molecule has 2 aromatic heterocycles. The van der Waals surface area contributed by atoms with Gasteiger partial charge in [0.05, 0.1) is 24.4 Å². The third kappa shape index (κ3) is 3.49. The quantitative estimate of drug-likeness (QED) is 0.627. The average molecular weight is 407 g/mol. The monoisotopic (exact) mass is 406 g/mol. The standard InChI is InChI=1S/C23H26N4OS/c1-5-28-18-11-9-17(10-12-18)27-22(19-14-15(2)26(4)16(19)3)21(25-23(27)29)20-8-6-7-13-24-20/h6-14,21-22H,5H2,1-4H3,(H,25,29)/t21-,22+/m0/s1. The maximum atomic E-state index is 5.79. The maximum absolute atomic E-state index is 5.79. The lowest BCUT2D eigenvalue weighted by Crippen LogP contribution is -2.29. The molecule has 0 unspecified atom stereocenters. The van der Waals surface area contributed by atoms with Crippen LogP contribution in [0.25, 0.3) is 0 Å². The lowest BCUT2D eigenvalue weighted by molar-refractivity contribution is 0.340. The third-order valence-corrected chi connectivity index (χ3v) is 5.97. The Morgan fingerprint density at radius 3 is 2.48 bits per heavy atom. The van der Waals surface area contributed by atoms with E-state index in [1.807, 2.05) is 37.4 Å². The van der Waals surface area contributed by atoms with Crippen molar-refractivity contribution in [1.29, 1.82) is 0 Å². The summed E-state index contributed by atoms with van der Waals surface area (Å²) in [5, 5.41) is 4.22. The molecule has 0 aliphatic carbocycles. The fourth-order valence-corrected chi connectivity index (χ4v) is 4.35. The van der Waals surface area contributed by atoms with E-state index in [-0.39, 0.29) is 12.1 Å². The first-order valence-electron chi connectivity index (χ1n) is 9.87. The van der Waals surface area contributed by atoms with Crippen LogP contribution in [0.15, 0.2) is 54.7 Å². The lowest BCUT2D eigenvalue weighted by Gasteiger charge is -2.28. The first kappa shape index (κ1) is 19.5. The summed E-state index contributed by atoms with van der Waals surface area (Å²) >= 11 is 5.79. The largest absolute Gasteiger partial charge is 0.494 e. The molecule has 0 spiro atoms. The molecular weight excluding hydrogens is 380 g/mol. The van der Waals surface area contributed by atoms with Gasteiger partial charge in [-0.25, -0.2) is 0 Å². The smallest absolute Gasteiger partial charge is 0.174 e. The molecule has 5 nitrogen and oxygen atoms in total. The van der Waals surface area contributed by atoms with E-state index in [0.717, 1.165) is 17.1 Å². The molecule has 1 saturated heterocycles. The average Bonchev–Trinajstić information content (AvgIpc) is 3.21. The number of pyridine rings is 1. The highest BCUT2D eigenvalue weighted by atomic mass is 32.1. The fraction of sp³-hybridized carbons (Fsp3) is 0.304. The van der Waals surface area contributed by atoms with Crippen molar-refractivity contribution in [2.75, 3.05) is 11.5 Å². The van der Waals surface area contributed by atoms with Crippen LogP contribution in [-0.2, 0) is 7.05 Å². The second-order valence-corrected chi connectivity index (χ2v) is 7.70. The molecule has 1 N–H and O–H groups in total. The van der Waals surface area contributed by atoms with Crippen molar-refractivity contribution in [2.45, 2.75) is 32.9 Å². The molecule has 0 amide bonds. The zero-order chi connectivity index (χ0) is 20.5. The van der Waals surface area contributed by atoms with Crippen molar-refractivity contribution in [3.63, 3.8) is 0 Å². The number of thiocarbonyl (C=S) groups is 1. The zero-order valence-corrected chi connectivity index (χ0v) is 18.0.